The molecule has 2 saturated carbocycles. The van der Waals surface area contributed by atoms with Gasteiger partial charge < -0.3 is 11.5 Å². The fourth-order valence-electron chi connectivity index (χ4n) is 3.11. The summed E-state index contributed by atoms with van der Waals surface area (Å²) in [7, 11) is 0. The Balaban J connectivity index is 2.08. The molecule has 3 atom stereocenters. The molecule has 2 fully saturated rings. The Labute approximate surface area is 68.3 Å². The average Bonchev–Trinajstić information content (AvgIpc) is 2.61. The maximum atomic E-state index is 5.78. The van der Waals surface area contributed by atoms with Crippen LogP contribution in [0.2, 0.25) is 0 Å². The van der Waals surface area contributed by atoms with E-state index in [2.05, 4.69) is 0 Å². The van der Waals surface area contributed by atoms with Crippen molar-refractivity contribution >= 4 is 0 Å². The van der Waals surface area contributed by atoms with E-state index >= 15 is 0 Å². The van der Waals surface area contributed by atoms with Crippen molar-refractivity contribution < 1.29 is 0 Å². The van der Waals surface area contributed by atoms with Gasteiger partial charge in [0.15, 0.2) is 0 Å². The van der Waals surface area contributed by atoms with Crippen LogP contribution in [0.1, 0.15) is 25.7 Å². The predicted octanol–water partition coefficient (Wildman–Crippen LogP) is 0.710. The second kappa shape index (κ2) is 2.46. The molecule has 0 heterocycles. The minimum atomic E-state index is 0.523. The lowest BCUT2D eigenvalue weighted by atomic mass is 9.80. The first-order chi connectivity index (χ1) is 5.29. The fraction of sp³-hybridized carbons (Fsp3) is 1.00. The standard InChI is InChI=1S/C9H18N2/c10-5-8-4-9(6-11)2-1-7(8)3-9/h7-8H,1-6,10-11H2. The molecule has 0 aromatic carbocycles. The summed E-state index contributed by atoms with van der Waals surface area (Å²) >= 11 is 0. The summed E-state index contributed by atoms with van der Waals surface area (Å²) in [5.74, 6) is 1.72. The molecule has 4 N–H and O–H groups in total. The van der Waals surface area contributed by atoms with E-state index in [4.69, 9.17) is 11.5 Å². The Morgan fingerprint density at radius 1 is 1.27 bits per heavy atom. The van der Waals surface area contributed by atoms with Crippen molar-refractivity contribution in [3.8, 4) is 0 Å². The minimum Gasteiger partial charge on any atom is -0.330 e. The summed E-state index contributed by atoms with van der Waals surface area (Å²) in [6.07, 6.45) is 5.43. The highest BCUT2D eigenvalue weighted by atomic mass is 14.7. The number of hydrogen-bond donors (Lipinski definition) is 2. The highest BCUT2D eigenvalue weighted by Gasteiger charge is 2.48. The van der Waals surface area contributed by atoms with Gasteiger partial charge in [0.05, 0.1) is 0 Å². The molecule has 2 aliphatic rings. The second-order valence-electron chi connectivity index (χ2n) is 4.41. The Morgan fingerprint density at radius 3 is 2.55 bits per heavy atom. The van der Waals surface area contributed by atoms with Crippen LogP contribution in [-0.2, 0) is 0 Å². The van der Waals surface area contributed by atoms with E-state index in [1.165, 1.54) is 25.7 Å². The lowest BCUT2D eigenvalue weighted by Gasteiger charge is -2.27. The quantitative estimate of drug-likeness (QED) is 0.615. The van der Waals surface area contributed by atoms with Crippen molar-refractivity contribution in [3.63, 3.8) is 0 Å². The summed E-state index contributed by atoms with van der Waals surface area (Å²) in [6.45, 7) is 1.77. The van der Waals surface area contributed by atoms with Gasteiger partial charge in [0, 0.05) is 0 Å². The molecule has 0 spiro atoms. The molecule has 0 radical (unpaired) electrons. The molecule has 0 amide bonds. The van der Waals surface area contributed by atoms with Crippen molar-refractivity contribution in [2.75, 3.05) is 13.1 Å². The van der Waals surface area contributed by atoms with Crippen molar-refractivity contribution in [2.45, 2.75) is 25.7 Å². The third-order valence-electron chi connectivity index (χ3n) is 3.84. The van der Waals surface area contributed by atoms with E-state index in [1.54, 1.807) is 0 Å². The topological polar surface area (TPSA) is 52.0 Å². The van der Waals surface area contributed by atoms with Gasteiger partial charge in [-0.1, -0.05) is 0 Å². The van der Waals surface area contributed by atoms with Crippen LogP contribution in [0, 0.1) is 17.3 Å². The SMILES string of the molecule is NCC1CC2(CN)CCC1C2. The number of rotatable bonds is 2. The van der Waals surface area contributed by atoms with Crippen LogP contribution in [0.15, 0.2) is 0 Å². The highest BCUT2D eigenvalue weighted by Crippen LogP contribution is 2.55. The summed E-state index contributed by atoms with van der Waals surface area (Å²) in [5, 5.41) is 0. The third-order valence-corrected chi connectivity index (χ3v) is 3.84. The average molecular weight is 154 g/mol. The number of hydrogen-bond acceptors (Lipinski definition) is 2. The van der Waals surface area contributed by atoms with Crippen LogP contribution in [0.3, 0.4) is 0 Å². The smallest absolute Gasteiger partial charge is 0.00203 e. The van der Waals surface area contributed by atoms with Gasteiger partial charge >= 0.3 is 0 Å². The van der Waals surface area contributed by atoms with E-state index in [0.29, 0.717) is 5.41 Å². The summed E-state index contributed by atoms with van der Waals surface area (Å²) in [4.78, 5) is 0. The van der Waals surface area contributed by atoms with Gasteiger partial charge in [-0.05, 0) is 56.0 Å². The molecule has 0 aromatic heterocycles. The minimum absolute atomic E-state index is 0.523. The molecule has 0 aromatic rings. The molecule has 2 heteroatoms. The van der Waals surface area contributed by atoms with Crippen LogP contribution in [0.25, 0.3) is 0 Å². The van der Waals surface area contributed by atoms with Gasteiger partial charge in [-0.15, -0.1) is 0 Å². The molecule has 0 aliphatic heterocycles. The van der Waals surface area contributed by atoms with Gasteiger partial charge in [0.25, 0.3) is 0 Å². The van der Waals surface area contributed by atoms with Gasteiger partial charge in [0.2, 0.25) is 0 Å². The van der Waals surface area contributed by atoms with Crippen LogP contribution >= 0.6 is 0 Å². The molecule has 0 saturated heterocycles. The van der Waals surface area contributed by atoms with Crippen LogP contribution in [0.4, 0.5) is 0 Å². The first kappa shape index (κ1) is 7.56. The van der Waals surface area contributed by atoms with Crippen molar-refractivity contribution in [1.82, 2.24) is 0 Å². The van der Waals surface area contributed by atoms with Gasteiger partial charge in [-0.25, -0.2) is 0 Å². The number of nitrogens with two attached hydrogens (primary N) is 2. The summed E-state index contributed by atoms with van der Waals surface area (Å²) < 4.78 is 0. The first-order valence-corrected chi connectivity index (χ1v) is 4.70. The molecule has 2 nitrogen and oxygen atoms in total. The largest absolute Gasteiger partial charge is 0.330 e. The molecule has 2 rings (SSSR count). The fourth-order valence-corrected chi connectivity index (χ4v) is 3.11. The van der Waals surface area contributed by atoms with Crippen LogP contribution in [0.5, 0.6) is 0 Å². The Kier molecular flexibility index (Phi) is 1.69. The monoisotopic (exact) mass is 154 g/mol. The lowest BCUT2D eigenvalue weighted by molar-refractivity contribution is 0.257. The van der Waals surface area contributed by atoms with E-state index in [1.807, 2.05) is 0 Å². The van der Waals surface area contributed by atoms with Crippen molar-refractivity contribution in [2.24, 2.45) is 28.7 Å². The van der Waals surface area contributed by atoms with Gasteiger partial charge in [-0.2, -0.15) is 0 Å². The van der Waals surface area contributed by atoms with Crippen molar-refractivity contribution in [1.29, 1.82) is 0 Å². The molecule has 2 bridgehead atoms. The zero-order valence-corrected chi connectivity index (χ0v) is 7.05. The van der Waals surface area contributed by atoms with Gasteiger partial charge in [-0.3, -0.25) is 0 Å². The maximum Gasteiger partial charge on any atom is -0.00203 e. The second-order valence-corrected chi connectivity index (χ2v) is 4.41. The summed E-state index contributed by atoms with van der Waals surface area (Å²) in [6, 6.07) is 0. The van der Waals surface area contributed by atoms with Gasteiger partial charge in [0.1, 0.15) is 0 Å². The Bertz CT molecular complexity index is 158. The normalized spacial score (nSPS) is 48.5. The third kappa shape index (κ3) is 1.00. The zero-order valence-electron chi connectivity index (χ0n) is 7.05. The van der Waals surface area contributed by atoms with Crippen LogP contribution in [-0.4, -0.2) is 13.1 Å². The van der Waals surface area contributed by atoms with E-state index in [0.717, 1.165) is 24.9 Å². The Morgan fingerprint density at radius 2 is 2.09 bits per heavy atom. The highest BCUT2D eigenvalue weighted by molar-refractivity contribution is 5.00. The number of fused-ring (bicyclic) bond motifs is 2. The maximum absolute atomic E-state index is 5.78. The zero-order chi connectivity index (χ0) is 7.90. The first-order valence-electron chi connectivity index (χ1n) is 4.70. The van der Waals surface area contributed by atoms with E-state index in [9.17, 15) is 0 Å². The van der Waals surface area contributed by atoms with Crippen LogP contribution < -0.4 is 11.5 Å². The lowest BCUT2D eigenvalue weighted by Crippen LogP contribution is -2.29. The molecule has 2 aliphatic carbocycles. The molecular weight excluding hydrogens is 136 g/mol. The predicted molar refractivity (Wildman–Crippen MR) is 46.0 cm³/mol. The van der Waals surface area contributed by atoms with E-state index < -0.39 is 0 Å². The molecule has 11 heavy (non-hydrogen) atoms. The molecule has 3 unspecified atom stereocenters. The van der Waals surface area contributed by atoms with E-state index in [-0.39, 0.29) is 0 Å². The molecule has 64 valence electrons. The van der Waals surface area contributed by atoms with Crippen molar-refractivity contribution in [3.05, 3.63) is 0 Å². The Hall–Kier alpha value is -0.0800. The summed E-state index contributed by atoms with van der Waals surface area (Å²) in [5.41, 5.74) is 12.0. The molecular formula is C9H18N2.